The molecule has 0 aliphatic carbocycles. The van der Waals surface area contributed by atoms with Crippen molar-refractivity contribution in [3.05, 3.63) is 36.4 Å². The van der Waals surface area contributed by atoms with Crippen LogP contribution >= 0.6 is 0 Å². The van der Waals surface area contributed by atoms with E-state index in [0.29, 0.717) is 5.92 Å². The topological polar surface area (TPSA) is 17.8 Å². The molecule has 1 atom stereocenters. The van der Waals surface area contributed by atoms with E-state index in [0.717, 1.165) is 5.82 Å². The normalized spacial score (nSPS) is 21.4. The maximum absolute atomic E-state index is 4.26. The van der Waals surface area contributed by atoms with Crippen LogP contribution in [0, 0.1) is 0 Å². The molecule has 11 heavy (non-hydrogen) atoms. The number of imidazole rings is 1. The van der Waals surface area contributed by atoms with Crippen LogP contribution in [0.3, 0.4) is 0 Å². The molecule has 56 valence electrons. The van der Waals surface area contributed by atoms with Gasteiger partial charge < -0.3 is 4.57 Å². The van der Waals surface area contributed by atoms with Gasteiger partial charge in [-0.2, -0.15) is 0 Å². The molecule has 2 heterocycles. The van der Waals surface area contributed by atoms with E-state index in [9.17, 15) is 0 Å². The first-order chi connectivity index (χ1) is 5.38. The molecule has 0 bridgehead atoms. The monoisotopic (exact) mass is 146 g/mol. The highest BCUT2D eigenvalue weighted by Gasteiger charge is 2.07. The molecule has 1 unspecified atom stereocenters. The fourth-order valence-corrected chi connectivity index (χ4v) is 1.26. The molecule has 0 saturated carbocycles. The average Bonchev–Trinajstić information content (AvgIpc) is 2.40. The van der Waals surface area contributed by atoms with Gasteiger partial charge in [0, 0.05) is 24.5 Å². The van der Waals surface area contributed by atoms with Gasteiger partial charge in [0.2, 0.25) is 0 Å². The number of rotatable bonds is 0. The molecule has 0 saturated heterocycles. The maximum Gasteiger partial charge on any atom is 0.119 e. The Labute approximate surface area is 65.9 Å². The average molecular weight is 146 g/mol. The van der Waals surface area contributed by atoms with Crippen LogP contribution in [0.1, 0.15) is 18.7 Å². The van der Waals surface area contributed by atoms with Crippen molar-refractivity contribution in [2.24, 2.45) is 0 Å². The van der Waals surface area contributed by atoms with E-state index < -0.39 is 0 Å². The smallest absolute Gasteiger partial charge is 0.119 e. The fraction of sp³-hybridized carbons (Fsp3) is 0.222. The fourth-order valence-electron chi connectivity index (χ4n) is 1.26. The van der Waals surface area contributed by atoms with Crippen molar-refractivity contribution in [1.82, 2.24) is 9.55 Å². The molecule has 0 spiro atoms. The van der Waals surface area contributed by atoms with Crippen LogP contribution in [0.25, 0.3) is 6.20 Å². The SMILES string of the molecule is CC1C=CC=Cn2ccnc21. The van der Waals surface area contributed by atoms with Crippen molar-refractivity contribution in [2.75, 3.05) is 0 Å². The maximum atomic E-state index is 4.26. The van der Waals surface area contributed by atoms with E-state index in [1.807, 2.05) is 29.2 Å². The molecule has 2 heteroatoms. The lowest BCUT2D eigenvalue weighted by Gasteiger charge is -2.03. The Bertz CT molecular complexity index is 307. The molecule has 0 fully saturated rings. The van der Waals surface area contributed by atoms with Gasteiger partial charge >= 0.3 is 0 Å². The van der Waals surface area contributed by atoms with Crippen molar-refractivity contribution in [3.8, 4) is 0 Å². The quantitative estimate of drug-likeness (QED) is 0.547. The molecule has 0 aromatic carbocycles. The number of aromatic nitrogens is 2. The molecule has 0 amide bonds. The van der Waals surface area contributed by atoms with E-state index in [1.165, 1.54) is 0 Å². The van der Waals surface area contributed by atoms with E-state index >= 15 is 0 Å². The Morgan fingerprint density at radius 1 is 1.45 bits per heavy atom. The second-order valence-corrected chi connectivity index (χ2v) is 2.71. The molecule has 1 aromatic rings. The van der Waals surface area contributed by atoms with Gasteiger partial charge in [-0.05, 0) is 6.08 Å². The van der Waals surface area contributed by atoms with Crippen LogP contribution in [0.15, 0.2) is 30.6 Å². The predicted molar refractivity (Wildman–Crippen MR) is 45.1 cm³/mol. The van der Waals surface area contributed by atoms with Gasteiger partial charge in [0.1, 0.15) is 5.82 Å². The van der Waals surface area contributed by atoms with Gasteiger partial charge in [0.25, 0.3) is 0 Å². The second-order valence-electron chi connectivity index (χ2n) is 2.71. The highest BCUT2D eigenvalue weighted by atomic mass is 15.0. The molecule has 2 rings (SSSR count). The van der Waals surface area contributed by atoms with E-state index in [1.54, 1.807) is 0 Å². The third-order valence-corrected chi connectivity index (χ3v) is 1.86. The second kappa shape index (κ2) is 2.38. The molecule has 1 aromatic heterocycles. The zero-order valence-electron chi connectivity index (χ0n) is 6.44. The van der Waals surface area contributed by atoms with Crippen LogP contribution in [0.5, 0.6) is 0 Å². The first-order valence-electron chi connectivity index (χ1n) is 3.75. The van der Waals surface area contributed by atoms with Gasteiger partial charge in [0.05, 0.1) is 0 Å². The Balaban J connectivity index is 2.53. The van der Waals surface area contributed by atoms with E-state index in [-0.39, 0.29) is 0 Å². The summed E-state index contributed by atoms with van der Waals surface area (Å²) < 4.78 is 2.05. The molecule has 0 N–H and O–H groups in total. The van der Waals surface area contributed by atoms with Crippen molar-refractivity contribution >= 4 is 6.20 Å². The van der Waals surface area contributed by atoms with Crippen LogP contribution < -0.4 is 0 Å². The first-order valence-corrected chi connectivity index (χ1v) is 3.75. The van der Waals surface area contributed by atoms with Gasteiger partial charge in [-0.3, -0.25) is 0 Å². The molecular formula is C9H10N2. The van der Waals surface area contributed by atoms with Gasteiger partial charge in [-0.1, -0.05) is 19.1 Å². The third-order valence-electron chi connectivity index (χ3n) is 1.86. The summed E-state index contributed by atoms with van der Waals surface area (Å²) in [5, 5.41) is 0. The summed E-state index contributed by atoms with van der Waals surface area (Å²) in [6, 6.07) is 0. The zero-order chi connectivity index (χ0) is 7.68. The molecule has 1 aliphatic rings. The van der Waals surface area contributed by atoms with Gasteiger partial charge in [-0.15, -0.1) is 0 Å². The number of hydrogen-bond acceptors (Lipinski definition) is 1. The molecule has 2 nitrogen and oxygen atoms in total. The lowest BCUT2D eigenvalue weighted by molar-refractivity contribution is 0.835. The number of nitrogens with zero attached hydrogens (tertiary/aromatic N) is 2. The van der Waals surface area contributed by atoms with Gasteiger partial charge in [0.15, 0.2) is 0 Å². The Hall–Kier alpha value is -1.31. The Morgan fingerprint density at radius 2 is 2.36 bits per heavy atom. The number of allylic oxidation sites excluding steroid dienone is 3. The Morgan fingerprint density at radius 3 is 3.27 bits per heavy atom. The highest BCUT2D eigenvalue weighted by Crippen LogP contribution is 2.16. The zero-order valence-corrected chi connectivity index (χ0v) is 6.44. The minimum Gasteiger partial charge on any atom is -0.310 e. The summed E-state index contributed by atoms with van der Waals surface area (Å²) in [6.45, 7) is 2.14. The third kappa shape index (κ3) is 1.00. The Kier molecular flexibility index (Phi) is 1.39. The lowest BCUT2D eigenvalue weighted by Crippen LogP contribution is -1.97. The van der Waals surface area contributed by atoms with Crippen molar-refractivity contribution in [2.45, 2.75) is 12.8 Å². The minimum atomic E-state index is 0.417. The molecular weight excluding hydrogens is 136 g/mol. The summed E-state index contributed by atoms with van der Waals surface area (Å²) in [6.07, 6.45) is 12.0. The minimum absolute atomic E-state index is 0.417. The summed E-state index contributed by atoms with van der Waals surface area (Å²) >= 11 is 0. The van der Waals surface area contributed by atoms with Crippen LogP contribution in [0.4, 0.5) is 0 Å². The standard InChI is InChI=1S/C9H10N2/c1-8-4-2-3-6-11-7-5-10-9(8)11/h2-8H,1H3. The van der Waals surface area contributed by atoms with Crippen molar-refractivity contribution in [1.29, 1.82) is 0 Å². The van der Waals surface area contributed by atoms with Crippen molar-refractivity contribution < 1.29 is 0 Å². The van der Waals surface area contributed by atoms with E-state index in [2.05, 4.69) is 24.1 Å². The summed E-state index contributed by atoms with van der Waals surface area (Å²) in [4.78, 5) is 4.26. The van der Waals surface area contributed by atoms with E-state index in [4.69, 9.17) is 0 Å². The number of fused-ring (bicyclic) bond motifs is 1. The van der Waals surface area contributed by atoms with Crippen LogP contribution in [0.2, 0.25) is 0 Å². The van der Waals surface area contributed by atoms with Gasteiger partial charge in [-0.25, -0.2) is 4.98 Å². The lowest BCUT2D eigenvalue weighted by atomic mass is 10.1. The molecule has 1 aliphatic heterocycles. The summed E-state index contributed by atoms with van der Waals surface area (Å²) in [7, 11) is 0. The highest BCUT2D eigenvalue weighted by molar-refractivity contribution is 5.34. The van der Waals surface area contributed by atoms with Crippen molar-refractivity contribution in [3.63, 3.8) is 0 Å². The summed E-state index contributed by atoms with van der Waals surface area (Å²) in [5.74, 6) is 1.52. The molecule has 0 radical (unpaired) electrons. The number of hydrogen-bond donors (Lipinski definition) is 0. The largest absolute Gasteiger partial charge is 0.310 e. The predicted octanol–water partition coefficient (Wildman–Crippen LogP) is 2.03. The summed E-state index contributed by atoms with van der Waals surface area (Å²) in [5.41, 5.74) is 0. The van der Waals surface area contributed by atoms with Crippen LogP contribution in [-0.4, -0.2) is 9.55 Å². The first kappa shape index (κ1) is 6.40. The van der Waals surface area contributed by atoms with Crippen LogP contribution in [-0.2, 0) is 0 Å².